The lowest BCUT2D eigenvalue weighted by Gasteiger charge is -2.20. The molecule has 96 valence electrons. The van der Waals surface area contributed by atoms with E-state index in [4.69, 9.17) is 9.47 Å². The summed E-state index contributed by atoms with van der Waals surface area (Å²) in [5, 5.41) is 10.1. The molecule has 1 amide bonds. The van der Waals surface area contributed by atoms with Gasteiger partial charge in [-0.05, 0) is 24.1 Å². The Kier molecular flexibility index (Phi) is 2.83. The van der Waals surface area contributed by atoms with Crippen molar-refractivity contribution in [1.29, 1.82) is 0 Å². The van der Waals surface area contributed by atoms with Gasteiger partial charge in [-0.25, -0.2) is 0 Å². The number of amides is 1. The minimum Gasteiger partial charge on any atom is -0.454 e. The van der Waals surface area contributed by atoms with Crippen molar-refractivity contribution >= 4 is 5.91 Å². The summed E-state index contributed by atoms with van der Waals surface area (Å²) in [6, 6.07) is 5.36. The van der Waals surface area contributed by atoms with Gasteiger partial charge in [-0.15, -0.1) is 0 Å². The van der Waals surface area contributed by atoms with Crippen molar-refractivity contribution in [2.45, 2.75) is 18.9 Å². The maximum atomic E-state index is 11.5. The molecule has 0 spiro atoms. The van der Waals surface area contributed by atoms with Gasteiger partial charge < -0.3 is 19.5 Å². The second-order valence-corrected chi connectivity index (χ2v) is 4.57. The summed E-state index contributed by atoms with van der Waals surface area (Å²) in [6.45, 7) is 1.30. The van der Waals surface area contributed by atoms with Crippen LogP contribution in [0.25, 0.3) is 0 Å². The molecule has 5 heteroatoms. The van der Waals surface area contributed by atoms with Crippen molar-refractivity contribution in [2.24, 2.45) is 0 Å². The highest BCUT2D eigenvalue weighted by Crippen LogP contribution is 2.34. The Balaban J connectivity index is 1.72. The van der Waals surface area contributed by atoms with Crippen LogP contribution in [0.5, 0.6) is 11.5 Å². The third kappa shape index (κ3) is 2.01. The molecule has 1 aromatic rings. The lowest BCUT2D eigenvalue weighted by atomic mass is 10.1. The standard InChI is InChI=1S/C13H15NO4/c15-10(7-14-5-1-2-13(14)16)9-3-4-11-12(6-9)18-8-17-11/h3-4,6,10,15H,1-2,5,7-8H2. The number of β-amino-alcohol motifs (C(OH)–C–C–N with tert-alkyl or cyclic N) is 1. The smallest absolute Gasteiger partial charge is 0.231 e. The molecule has 2 aliphatic heterocycles. The van der Waals surface area contributed by atoms with Crippen molar-refractivity contribution in [3.63, 3.8) is 0 Å². The SMILES string of the molecule is O=C1CCCN1CC(O)c1ccc2c(c1)OCO2. The van der Waals surface area contributed by atoms with E-state index in [-0.39, 0.29) is 12.7 Å². The first-order valence-electron chi connectivity index (χ1n) is 6.09. The lowest BCUT2D eigenvalue weighted by molar-refractivity contribution is -0.128. The van der Waals surface area contributed by atoms with E-state index < -0.39 is 6.10 Å². The molecular weight excluding hydrogens is 234 g/mol. The number of ether oxygens (including phenoxy) is 2. The van der Waals surface area contributed by atoms with Gasteiger partial charge in [0.2, 0.25) is 12.7 Å². The van der Waals surface area contributed by atoms with Gasteiger partial charge in [-0.1, -0.05) is 6.07 Å². The summed E-state index contributed by atoms with van der Waals surface area (Å²) < 4.78 is 10.5. The van der Waals surface area contributed by atoms with Gasteiger partial charge in [0, 0.05) is 13.0 Å². The minimum absolute atomic E-state index is 0.120. The fraction of sp³-hybridized carbons (Fsp3) is 0.462. The fourth-order valence-electron chi connectivity index (χ4n) is 2.33. The Hall–Kier alpha value is -1.75. The monoisotopic (exact) mass is 249 g/mol. The molecule has 0 saturated carbocycles. The first-order chi connectivity index (χ1) is 8.74. The molecule has 1 unspecified atom stereocenters. The maximum absolute atomic E-state index is 11.5. The molecule has 1 fully saturated rings. The number of carbonyl (C=O) groups is 1. The van der Waals surface area contributed by atoms with Crippen LogP contribution in [0, 0.1) is 0 Å². The van der Waals surface area contributed by atoms with E-state index in [9.17, 15) is 9.90 Å². The second-order valence-electron chi connectivity index (χ2n) is 4.57. The highest BCUT2D eigenvalue weighted by atomic mass is 16.7. The Morgan fingerprint density at radius 2 is 2.17 bits per heavy atom. The summed E-state index contributed by atoms with van der Waals surface area (Å²) in [4.78, 5) is 13.2. The Morgan fingerprint density at radius 3 is 2.94 bits per heavy atom. The zero-order valence-corrected chi connectivity index (χ0v) is 9.96. The third-order valence-electron chi connectivity index (χ3n) is 3.35. The van der Waals surface area contributed by atoms with E-state index in [0.29, 0.717) is 24.5 Å². The second kappa shape index (κ2) is 4.49. The predicted octanol–water partition coefficient (Wildman–Crippen LogP) is 1.07. The summed E-state index contributed by atoms with van der Waals surface area (Å²) in [5.41, 5.74) is 0.749. The average molecular weight is 249 g/mol. The molecule has 1 saturated heterocycles. The molecule has 1 aromatic carbocycles. The topological polar surface area (TPSA) is 59.0 Å². The zero-order chi connectivity index (χ0) is 12.5. The van der Waals surface area contributed by atoms with Crippen LogP contribution in [0.2, 0.25) is 0 Å². The first kappa shape index (κ1) is 11.3. The van der Waals surface area contributed by atoms with Crippen molar-refractivity contribution in [2.75, 3.05) is 19.9 Å². The Labute approximate surface area is 105 Å². The van der Waals surface area contributed by atoms with E-state index in [0.717, 1.165) is 18.5 Å². The summed E-state index contributed by atoms with van der Waals surface area (Å²) >= 11 is 0. The van der Waals surface area contributed by atoms with Crippen molar-refractivity contribution in [3.05, 3.63) is 23.8 Å². The third-order valence-corrected chi connectivity index (χ3v) is 3.35. The van der Waals surface area contributed by atoms with E-state index in [2.05, 4.69) is 0 Å². The van der Waals surface area contributed by atoms with Gasteiger partial charge in [0.25, 0.3) is 0 Å². The molecule has 0 radical (unpaired) electrons. The van der Waals surface area contributed by atoms with Crippen LogP contribution in [0.4, 0.5) is 0 Å². The molecule has 5 nitrogen and oxygen atoms in total. The van der Waals surface area contributed by atoms with Crippen LogP contribution in [-0.2, 0) is 4.79 Å². The van der Waals surface area contributed by atoms with E-state index in [1.807, 2.05) is 0 Å². The molecule has 1 atom stereocenters. The number of rotatable bonds is 3. The molecule has 0 bridgehead atoms. The van der Waals surface area contributed by atoms with E-state index in [1.165, 1.54) is 0 Å². The summed E-state index contributed by atoms with van der Waals surface area (Å²) in [5.74, 6) is 1.47. The minimum atomic E-state index is -0.679. The number of aliphatic hydroxyl groups is 1. The van der Waals surface area contributed by atoms with Crippen LogP contribution in [0.1, 0.15) is 24.5 Å². The fourth-order valence-corrected chi connectivity index (χ4v) is 2.33. The number of fused-ring (bicyclic) bond motifs is 1. The van der Waals surface area contributed by atoms with Gasteiger partial charge in [0.15, 0.2) is 11.5 Å². The van der Waals surface area contributed by atoms with Crippen molar-refractivity contribution < 1.29 is 19.4 Å². The average Bonchev–Trinajstić information content (AvgIpc) is 2.98. The Morgan fingerprint density at radius 1 is 1.33 bits per heavy atom. The van der Waals surface area contributed by atoms with Crippen LogP contribution >= 0.6 is 0 Å². The number of benzene rings is 1. The van der Waals surface area contributed by atoms with Crippen LogP contribution in [-0.4, -0.2) is 35.8 Å². The van der Waals surface area contributed by atoms with E-state index >= 15 is 0 Å². The number of carbonyl (C=O) groups excluding carboxylic acids is 1. The molecule has 0 aromatic heterocycles. The molecule has 1 N–H and O–H groups in total. The van der Waals surface area contributed by atoms with Gasteiger partial charge >= 0.3 is 0 Å². The van der Waals surface area contributed by atoms with Crippen LogP contribution < -0.4 is 9.47 Å². The molecule has 3 rings (SSSR count). The summed E-state index contributed by atoms with van der Waals surface area (Å²) in [7, 11) is 0. The quantitative estimate of drug-likeness (QED) is 0.870. The van der Waals surface area contributed by atoms with Crippen LogP contribution in [0.3, 0.4) is 0 Å². The number of hydrogen-bond donors (Lipinski definition) is 1. The largest absolute Gasteiger partial charge is 0.454 e. The number of nitrogens with zero attached hydrogens (tertiary/aromatic N) is 1. The zero-order valence-electron chi connectivity index (χ0n) is 9.96. The molecule has 0 aliphatic carbocycles. The van der Waals surface area contributed by atoms with Gasteiger partial charge in [0.05, 0.1) is 12.6 Å². The number of hydrogen-bond acceptors (Lipinski definition) is 4. The Bertz CT molecular complexity index is 474. The number of likely N-dealkylation sites (tertiary alicyclic amines) is 1. The molecule has 2 heterocycles. The summed E-state index contributed by atoms with van der Waals surface area (Å²) in [6.07, 6.45) is 0.794. The predicted molar refractivity (Wildman–Crippen MR) is 63.3 cm³/mol. The first-order valence-corrected chi connectivity index (χ1v) is 6.09. The number of aliphatic hydroxyl groups excluding tert-OH is 1. The highest BCUT2D eigenvalue weighted by molar-refractivity contribution is 5.78. The normalized spacial score (nSPS) is 19.4. The lowest BCUT2D eigenvalue weighted by Crippen LogP contribution is -2.29. The van der Waals surface area contributed by atoms with Gasteiger partial charge in [-0.2, -0.15) is 0 Å². The maximum Gasteiger partial charge on any atom is 0.231 e. The van der Waals surface area contributed by atoms with Crippen molar-refractivity contribution in [1.82, 2.24) is 4.90 Å². The molecule has 18 heavy (non-hydrogen) atoms. The molecule has 2 aliphatic rings. The van der Waals surface area contributed by atoms with Crippen LogP contribution in [0.15, 0.2) is 18.2 Å². The van der Waals surface area contributed by atoms with E-state index in [1.54, 1.807) is 23.1 Å². The van der Waals surface area contributed by atoms with Crippen molar-refractivity contribution in [3.8, 4) is 11.5 Å². The van der Waals surface area contributed by atoms with Gasteiger partial charge in [-0.3, -0.25) is 4.79 Å². The highest BCUT2D eigenvalue weighted by Gasteiger charge is 2.24. The van der Waals surface area contributed by atoms with Gasteiger partial charge in [0.1, 0.15) is 0 Å². The molecular formula is C13H15NO4.